The van der Waals surface area contributed by atoms with E-state index in [4.69, 9.17) is 9.84 Å². The Kier molecular flexibility index (Phi) is 5.02. The summed E-state index contributed by atoms with van der Waals surface area (Å²) in [5, 5.41) is 13.5. The number of aromatic carboxylic acids is 1. The van der Waals surface area contributed by atoms with Crippen LogP contribution in [0.1, 0.15) is 40.5 Å². The summed E-state index contributed by atoms with van der Waals surface area (Å²) in [7, 11) is 1.61. The number of rotatable bonds is 4. The lowest BCUT2D eigenvalue weighted by atomic mass is 9.95. The lowest BCUT2D eigenvalue weighted by molar-refractivity contribution is 0.0684. The molecule has 1 aromatic carbocycles. The fourth-order valence-electron chi connectivity index (χ4n) is 3.08. The SMILES string of the molecule is Cn1nc([C@H]2CCCN(C(=O)OCc3ccccc3)C2)cc1C(=O)O. The van der Waals surface area contributed by atoms with Crippen LogP contribution in [0.25, 0.3) is 0 Å². The number of carboxylic acid groups (broad SMARTS) is 1. The van der Waals surface area contributed by atoms with Crippen LogP contribution in [0.3, 0.4) is 0 Å². The molecule has 7 heteroatoms. The van der Waals surface area contributed by atoms with Crippen molar-refractivity contribution in [2.24, 2.45) is 7.05 Å². The monoisotopic (exact) mass is 343 g/mol. The highest BCUT2D eigenvalue weighted by Gasteiger charge is 2.28. The Balaban J connectivity index is 1.61. The highest BCUT2D eigenvalue weighted by atomic mass is 16.6. The maximum absolute atomic E-state index is 12.3. The largest absolute Gasteiger partial charge is 0.477 e. The number of hydrogen-bond acceptors (Lipinski definition) is 4. The van der Waals surface area contributed by atoms with Crippen LogP contribution in [-0.2, 0) is 18.4 Å². The molecule has 1 aliphatic heterocycles. The minimum atomic E-state index is -1.00. The summed E-state index contributed by atoms with van der Waals surface area (Å²) in [5.74, 6) is -0.978. The van der Waals surface area contributed by atoms with Crippen LogP contribution in [0.4, 0.5) is 4.79 Å². The third kappa shape index (κ3) is 3.99. The number of ether oxygens (including phenoxy) is 1. The fourth-order valence-corrected chi connectivity index (χ4v) is 3.08. The highest BCUT2D eigenvalue weighted by Crippen LogP contribution is 2.27. The van der Waals surface area contributed by atoms with Crippen LogP contribution in [-0.4, -0.2) is 44.9 Å². The first-order valence-corrected chi connectivity index (χ1v) is 8.27. The van der Waals surface area contributed by atoms with Gasteiger partial charge in [0.15, 0.2) is 0 Å². The van der Waals surface area contributed by atoms with Gasteiger partial charge in [-0.1, -0.05) is 30.3 Å². The van der Waals surface area contributed by atoms with Gasteiger partial charge in [-0.2, -0.15) is 5.10 Å². The number of piperidine rings is 1. The molecular formula is C18H21N3O4. The van der Waals surface area contributed by atoms with Gasteiger partial charge in [0.2, 0.25) is 0 Å². The molecule has 0 aliphatic carbocycles. The summed E-state index contributed by atoms with van der Waals surface area (Å²) in [4.78, 5) is 25.2. The van der Waals surface area contributed by atoms with Crippen molar-refractivity contribution in [2.45, 2.75) is 25.4 Å². The molecule has 1 aromatic heterocycles. The molecule has 2 heterocycles. The number of likely N-dealkylation sites (tertiary alicyclic amines) is 1. The molecule has 1 atom stereocenters. The summed E-state index contributed by atoms with van der Waals surface area (Å²) in [5.41, 5.74) is 1.81. The number of hydrogen-bond donors (Lipinski definition) is 1. The highest BCUT2D eigenvalue weighted by molar-refractivity contribution is 5.85. The number of benzene rings is 1. The molecular weight excluding hydrogens is 322 g/mol. The van der Waals surface area contributed by atoms with Crippen molar-refractivity contribution in [3.63, 3.8) is 0 Å². The summed E-state index contributed by atoms with van der Waals surface area (Å²) >= 11 is 0. The Morgan fingerprint density at radius 2 is 2.08 bits per heavy atom. The molecule has 3 rings (SSSR count). The standard InChI is InChI=1S/C18H21N3O4/c1-20-16(17(22)23)10-15(19-20)14-8-5-9-21(11-14)18(24)25-12-13-6-3-2-4-7-13/h2-4,6-7,10,14H,5,8-9,11-12H2,1H3,(H,22,23)/t14-/m0/s1. The molecule has 1 saturated heterocycles. The molecule has 0 radical (unpaired) electrons. The van der Waals surface area contributed by atoms with Gasteiger partial charge in [0.05, 0.1) is 5.69 Å². The number of carbonyl (C=O) groups is 2. The van der Waals surface area contributed by atoms with Gasteiger partial charge in [-0.3, -0.25) is 4.68 Å². The van der Waals surface area contributed by atoms with E-state index in [9.17, 15) is 9.59 Å². The Hall–Kier alpha value is -2.83. The Bertz CT molecular complexity index is 757. The first-order valence-electron chi connectivity index (χ1n) is 8.27. The first-order chi connectivity index (χ1) is 12.0. The van der Waals surface area contributed by atoms with E-state index >= 15 is 0 Å². The molecule has 0 spiro atoms. The number of aromatic nitrogens is 2. The zero-order chi connectivity index (χ0) is 17.8. The van der Waals surface area contributed by atoms with Gasteiger partial charge < -0.3 is 14.7 Å². The van der Waals surface area contributed by atoms with Crippen LogP contribution in [0.2, 0.25) is 0 Å². The van der Waals surface area contributed by atoms with Crippen molar-refractivity contribution in [1.82, 2.24) is 14.7 Å². The van der Waals surface area contributed by atoms with Crippen LogP contribution in [0.5, 0.6) is 0 Å². The second-order valence-electron chi connectivity index (χ2n) is 6.21. The second-order valence-corrected chi connectivity index (χ2v) is 6.21. The lowest BCUT2D eigenvalue weighted by Crippen LogP contribution is -2.39. The van der Waals surface area contributed by atoms with Crippen molar-refractivity contribution >= 4 is 12.1 Å². The zero-order valence-corrected chi connectivity index (χ0v) is 14.1. The Morgan fingerprint density at radius 1 is 1.32 bits per heavy atom. The van der Waals surface area contributed by atoms with Crippen molar-refractivity contribution < 1.29 is 19.4 Å². The number of aryl methyl sites for hydroxylation is 1. The van der Waals surface area contributed by atoms with Crippen molar-refractivity contribution in [1.29, 1.82) is 0 Å². The van der Waals surface area contributed by atoms with Crippen LogP contribution < -0.4 is 0 Å². The number of carboxylic acids is 1. The lowest BCUT2D eigenvalue weighted by Gasteiger charge is -2.31. The van der Waals surface area contributed by atoms with E-state index in [1.165, 1.54) is 4.68 Å². The molecule has 1 aliphatic rings. The predicted molar refractivity (Wildman–Crippen MR) is 90.3 cm³/mol. The van der Waals surface area contributed by atoms with Crippen LogP contribution in [0.15, 0.2) is 36.4 Å². The molecule has 7 nitrogen and oxygen atoms in total. The zero-order valence-electron chi connectivity index (χ0n) is 14.1. The number of nitrogens with zero attached hydrogens (tertiary/aromatic N) is 3. The molecule has 0 saturated carbocycles. The van der Waals surface area contributed by atoms with Crippen molar-refractivity contribution in [3.8, 4) is 0 Å². The maximum atomic E-state index is 12.3. The van der Waals surface area contributed by atoms with Crippen LogP contribution in [0, 0.1) is 0 Å². The molecule has 1 N–H and O–H groups in total. The smallest absolute Gasteiger partial charge is 0.410 e. The number of amides is 1. The third-order valence-electron chi connectivity index (χ3n) is 4.42. The minimum absolute atomic E-state index is 0.0253. The van der Waals surface area contributed by atoms with Gasteiger partial charge in [-0.15, -0.1) is 0 Å². The first kappa shape index (κ1) is 17.0. The summed E-state index contributed by atoms with van der Waals surface area (Å²) < 4.78 is 6.75. The second kappa shape index (κ2) is 7.38. The molecule has 2 aromatic rings. The van der Waals surface area contributed by atoms with Crippen molar-refractivity contribution in [3.05, 3.63) is 53.3 Å². The maximum Gasteiger partial charge on any atom is 0.410 e. The third-order valence-corrected chi connectivity index (χ3v) is 4.42. The van der Waals surface area contributed by atoms with Crippen molar-refractivity contribution in [2.75, 3.05) is 13.1 Å². The van der Waals surface area contributed by atoms with Gasteiger partial charge in [0.1, 0.15) is 12.3 Å². The van der Waals surface area contributed by atoms with E-state index < -0.39 is 5.97 Å². The molecule has 1 amide bonds. The van der Waals surface area contributed by atoms with Gasteiger partial charge in [0, 0.05) is 26.1 Å². The molecule has 0 unspecified atom stereocenters. The van der Waals surface area contributed by atoms with E-state index in [1.54, 1.807) is 18.0 Å². The van der Waals surface area contributed by atoms with E-state index in [0.29, 0.717) is 18.8 Å². The molecule has 1 fully saturated rings. The molecule has 25 heavy (non-hydrogen) atoms. The fraction of sp³-hybridized carbons (Fsp3) is 0.389. The molecule has 0 bridgehead atoms. The summed E-state index contributed by atoms with van der Waals surface area (Å²) in [6, 6.07) is 11.1. The average molecular weight is 343 g/mol. The van der Waals surface area contributed by atoms with Gasteiger partial charge in [-0.25, -0.2) is 9.59 Å². The van der Waals surface area contributed by atoms with E-state index in [1.807, 2.05) is 30.3 Å². The average Bonchev–Trinajstić information content (AvgIpc) is 3.03. The van der Waals surface area contributed by atoms with E-state index in [0.717, 1.165) is 18.4 Å². The van der Waals surface area contributed by atoms with Crippen LogP contribution >= 0.6 is 0 Å². The van der Waals surface area contributed by atoms with E-state index in [-0.39, 0.29) is 24.3 Å². The molecule has 132 valence electrons. The summed E-state index contributed by atoms with van der Waals surface area (Å²) in [6.45, 7) is 1.38. The van der Waals surface area contributed by atoms with Gasteiger partial charge >= 0.3 is 12.1 Å². The quantitative estimate of drug-likeness (QED) is 0.922. The normalized spacial score (nSPS) is 17.3. The number of carbonyl (C=O) groups excluding carboxylic acids is 1. The Morgan fingerprint density at radius 3 is 2.76 bits per heavy atom. The minimum Gasteiger partial charge on any atom is -0.477 e. The topological polar surface area (TPSA) is 84.7 Å². The summed E-state index contributed by atoms with van der Waals surface area (Å²) in [6.07, 6.45) is 1.37. The van der Waals surface area contributed by atoms with Gasteiger partial charge in [0.25, 0.3) is 0 Å². The van der Waals surface area contributed by atoms with E-state index in [2.05, 4.69) is 5.10 Å². The Labute approximate surface area is 145 Å². The predicted octanol–water partition coefficient (Wildman–Crippen LogP) is 2.63. The van der Waals surface area contributed by atoms with Gasteiger partial charge in [-0.05, 0) is 24.5 Å².